The van der Waals surface area contributed by atoms with E-state index in [0.29, 0.717) is 12.3 Å². The van der Waals surface area contributed by atoms with Crippen molar-refractivity contribution in [3.8, 4) is 0 Å². The van der Waals surface area contributed by atoms with Gasteiger partial charge >= 0.3 is 0 Å². The third-order valence-corrected chi connectivity index (χ3v) is 4.63. The van der Waals surface area contributed by atoms with Crippen molar-refractivity contribution < 1.29 is 9.50 Å². The lowest BCUT2D eigenvalue weighted by molar-refractivity contribution is -0.0522. The second-order valence-corrected chi connectivity index (χ2v) is 6.75. The highest BCUT2D eigenvalue weighted by Crippen LogP contribution is 2.39. The van der Waals surface area contributed by atoms with E-state index in [2.05, 4.69) is 29.8 Å². The third-order valence-electron chi connectivity index (χ3n) is 4.18. The molecule has 2 rings (SSSR count). The fraction of sp³-hybridized carbons (Fsp3) is 0.600. The second-order valence-electron chi connectivity index (χ2n) is 5.84. The Morgan fingerprint density at radius 3 is 2.72 bits per heavy atom. The van der Waals surface area contributed by atoms with Gasteiger partial charge in [-0.2, -0.15) is 0 Å². The van der Waals surface area contributed by atoms with E-state index in [0.717, 1.165) is 29.3 Å². The average molecular weight is 315 g/mol. The molecule has 100 valence electrons. The third kappa shape index (κ3) is 3.12. The molecule has 1 saturated carbocycles. The van der Waals surface area contributed by atoms with E-state index in [9.17, 15) is 9.50 Å². The van der Waals surface area contributed by atoms with Gasteiger partial charge in [-0.1, -0.05) is 29.8 Å². The average Bonchev–Trinajstić information content (AvgIpc) is 2.23. The zero-order valence-corrected chi connectivity index (χ0v) is 12.5. The minimum atomic E-state index is -0.681. The number of halogens is 2. The van der Waals surface area contributed by atoms with Gasteiger partial charge in [-0.05, 0) is 54.9 Å². The van der Waals surface area contributed by atoms with Crippen molar-refractivity contribution in [3.63, 3.8) is 0 Å². The Balaban J connectivity index is 2.16. The highest BCUT2D eigenvalue weighted by atomic mass is 79.9. The van der Waals surface area contributed by atoms with Gasteiger partial charge in [-0.25, -0.2) is 4.39 Å². The first kappa shape index (κ1) is 14.0. The summed E-state index contributed by atoms with van der Waals surface area (Å²) in [5.74, 6) is 0.697. The molecule has 0 aliphatic heterocycles. The van der Waals surface area contributed by atoms with Crippen LogP contribution < -0.4 is 0 Å². The molecule has 1 fully saturated rings. The summed E-state index contributed by atoms with van der Waals surface area (Å²) in [5, 5.41) is 10.8. The molecular weight excluding hydrogens is 295 g/mol. The van der Waals surface area contributed by atoms with E-state index in [1.165, 1.54) is 12.1 Å². The minimum absolute atomic E-state index is 0.250. The number of hydrogen-bond donors (Lipinski definition) is 1. The van der Waals surface area contributed by atoms with Crippen molar-refractivity contribution in [2.24, 2.45) is 11.8 Å². The molecule has 3 heteroatoms. The van der Waals surface area contributed by atoms with E-state index in [-0.39, 0.29) is 11.7 Å². The molecule has 0 spiro atoms. The normalized spacial score (nSPS) is 32.5. The SMILES string of the molecule is CC1CCC(O)(Cc2cc(F)cc(Br)c2)C(C)C1. The van der Waals surface area contributed by atoms with Gasteiger partial charge in [0.15, 0.2) is 0 Å². The molecule has 0 amide bonds. The van der Waals surface area contributed by atoms with Gasteiger partial charge in [0.05, 0.1) is 5.60 Å². The molecule has 18 heavy (non-hydrogen) atoms. The van der Waals surface area contributed by atoms with Crippen LogP contribution in [-0.2, 0) is 6.42 Å². The van der Waals surface area contributed by atoms with Crippen LogP contribution in [0.3, 0.4) is 0 Å². The van der Waals surface area contributed by atoms with E-state index in [1.54, 1.807) is 0 Å². The molecule has 1 aliphatic carbocycles. The number of benzene rings is 1. The van der Waals surface area contributed by atoms with Gasteiger partial charge < -0.3 is 5.11 Å². The summed E-state index contributed by atoms with van der Waals surface area (Å²) in [6.45, 7) is 4.33. The molecule has 0 radical (unpaired) electrons. The first-order valence-electron chi connectivity index (χ1n) is 6.56. The zero-order chi connectivity index (χ0) is 13.3. The molecule has 0 bridgehead atoms. The summed E-state index contributed by atoms with van der Waals surface area (Å²) >= 11 is 3.30. The van der Waals surface area contributed by atoms with Gasteiger partial charge in [0.25, 0.3) is 0 Å². The lowest BCUT2D eigenvalue weighted by Gasteiger charge is -2.41. The first-order chi connectivity index (χ1) is 8.39. The summed E-state index contributed by atoms with van der Waals surface area (Å²) in [7, 11) is 0. The maximum atomic E-state index is 13.4. The Kier molecular flexibility index (Phi) is 4.12. The summed E-state index contributed by atoms with van der Waals surface area (Å²) in [4.78, 5) is 0. The van der Waals surface area contributed by atoms with Crippen LogP contribution in [0.5, 0.6) is 0 Å². The van der Waals surface area contributed by atoms with Crippen molar-refractivity contribution in [3.05, 3.63) is 34.1 Å². The molecule has 1 nitrogen and oxygen atoms in total. The summed E-state index contributed by atoms with van der Waals surface area (Å²) in [5.41, 5.74) is 0.186. The Morgan fingerprint density at radius 1 is 1.39 bits per heavy atom. The van der Waals surface area contributed by atoms with Gasteiger partial charge in [-0.3, -0.25) is 0 Å². The number of rotatable bonds is 2. The molecule has 0 saturated heterocycles. The van der Waals surface area contributed by atoms with E-state index >= 15 is 0 Å². The van der Waals surface area contributed by atoms with Crippen LogP contribution in [0.2, 0.25) is 0 Å². The topological polar surface area (TPSA) is 20.2 Å². The maximum Gasteiger partial charge on any atom is 0.124 e. The summed E-state index contributed by atoms with van der Waals surface area (Å²) < 4.78 is 14.1. The maximum absolute atomic E-state index is 13.4. The summed E-state index contributed by atoms with van der Waals surface area (Å²) in [6.07, 6.45) is 3.45. The van der Waals surface area contributed by atoms with E-state index in [4.69, 9.17) is 0 Å². The van der Waals surface area contributed by atoms with Gasteiger partial charge in [0.1, 0.15) is 5.82 Å². The molecule has 3 atom stereocenters. The number of aliphatic hydroxyl groups is 1. The van der Waals surface area contributed by atoms with Crippen LogP contribution >= 0.6 is 15.9 Å². The molecule has 1 aromatic rings. The highest BCUT2D eigenvalue weighted by molar-refractivity contribution is 9.10. The van der Waals surface area contributed by atoms with Gasteiger partial charge in [0.2, 0.25) is 0 Å². The molecular formula is C15H20BrFO. The molecule has 1 N–H and O–H groups in total. The Bertz CT molecular complexity index is 414. The molecule has 1 aliphatic rings. The van der Waals surface area contributed by atoms with Crippen molar-refractivity contribution in [1.82, 2.24) is 0 Å². The van der Waals surface area contributed by atoms with Crippen LogP contribution in [0.4, 0.5) is 4.39 Å². The molecule has 1 aromatic carbocycles. The fourth-order valence-corrected chi connectivity index (χ4v) is 3.53. The van der Waals surface area contributed by atoms with Crippen LogP contribution in [0.1, 0.15) is 38.7 Å². The predicted molar refractivity (Wildman–Crippen MR) is 74.9 cm³/mol. The lowest BCUT2D eigenvalue weighted by atomic mass is 9.70. The van der Waals surface area contributed by atoms with Crippen molar-refractivity contribution in [1.29, 1.82) is 0 Å². The Morgan fingerprint density at radius 2 is 2.11 bits per heavy atom. The number of hydrogen-bond acceptors (Lipinski definition) is 1. The fourth-order valence-electron chi connectivity index (χ4n) is 3.01. The summed E-state index contributed by atoms with van der Waals surface area (Å²) in [6, 6.07) is 4.86. The predicted octanol–water partition coefficient (Wildman–Crippen LogP) is 4.32. The lowest BCUT2D eigenvalue weighted by Crippen LogP contribution is -2.43. The van der Waals surface area contributed by atoms with Gasteiger partial charge in [-0.15, -0.1) is 0 Å². The first-order valence-corrected chi connectivity index (χ1v) is 7.36. The van der Waals surface area contributed by atoms with Crippen molar-refractivity contribution in [2.45, 2.75) is 45.1 Å². The van der Waals surface area contributed by atoms with Gasteiger partial charge in [0, 0.05) is 10.9 Å². The molecule has 3 unspecified atom stereocenters. The minimum Gasteiger partial charge on any atom is -0.389 e. The van der Waals surface area contributed by atoms with E-state index < -0.39 is 5.60 Å². The van der Waals surface area contributed by atoms with Crippen LogP contribution in [-0.4, -0.2) is 10.7 Å². The highest BCUT2D eigenvalue weighted by Gasteiger charge is 2.38. The van der Waals surface area contributed by atoms with Crippen LogP contribution in [0.15, 0.2) is 22.7 Å². The monoisotopic (exact) mass is 314 g/mol. The van der Waals surface area contributed by atoms with Crippen LogP contribution in [0, 0.1) is 17.7 Å². The van der Waals surface area contributed by atoms with E-state index in [1.807, 2.05) is 6.07 Å². The Hall–Kier alpha value is -0.410. The van der Waals surface area contributed by atoms with Crippen molar-refractivity contribution in [2.75, 3.05) is 0 Å². The van der Waals surface area contributed by atoms with Crippen LogP contribution in [0.25, 0.3) is 0 Å². The van der Waals surface area contributed by atoms with Crippen molar-refractivity contribution >= 4 is 15.9 Å². The molecule has 0 heterocycles. The molecule has 0 aromatic heterocycles. The second kappa shape index (κ2) is 5.30. The Labute approximate surface area is 117 Å². The zero-order valence-electron chi connectivity index (χ0n) is 10.9. The quantitative estimate of drug-likeness (QED) is 0.862. The standard InChI is InChI=1S/C15H20BrFO/c1-10-3-4-15(18,11(2)5-10)9-12-6-13(16)8-14(17)7-12/h6-8,10-11,18H,3-5,9H2,1-2H3. The largest absolute Gasteiger partial charge is 0.389 e. The smallest absolute Gasteiger partial charge is 0.124 e.